The van der Waals surface area contributed by atoms with Gasteiger partial charge >= 0.3 is 6.18 Å². The number of hydrogen-bond donors (Lipinski definition) is 2. The number of nitrogens with one attached hydrogen (secondary N) is 1. The van der Waals surface area contributed by atoms with Crippen LogP contribution >= 0.6 is 0 Å². The number of ether oxygens (including phenoxy) is 1. The minimum absolute atomic E-state index is 0.128. The maximum atomic E-state index is 13.8. The van der Waals surface area contributed by atoms with Gasteiger partial charge in [-0.25, -0.2) is 17.6 Å². The molecule has 1 unspecified atom stereocenters. The Morgan fingerprint density at radius 1 is 1.12 bits per heavy atom. The lowest BCUT2D eigenvalue weighted by molar-refractivity contribution is -0.153. The van der Waals surface area contributed by atoms with Gasteiger partial charge in [0.25, 0.3) is 6.43 Å². The summed E-state index contributed by atoms with van der Waals surface area (Å²) >= 11 is 0. The minimum Gasteiger partial charge on any atom is -0.484 e. The van der Waals surface area contributed by atoms with E-state index in [9.17, 15) is 40.6 Å². The Morgan fingerprint density at radius 2 is 1.81 bits per heavy atom. The summed E-state index contributed by atoms with van der Waals surface area (Å²) in [5, 5.41) is 12.7. The van der Waals surface area contributed by atoms with Crippen LogP contribution in [0.1, 0.15) is 48.5 Å². The number of rotatable bonds is 8. The molecule has 1 saturated carbocycles. The van der Waals surface area contributed by atoms with Crippen molar-refractivity contribution < 1.29 is 45.4 Å². The van der Waals surface area contributed by atoms with E-state index in [1.807, 2.05) is 0 Å². The lowest BCUT2D eigenvalue weighted by atomic mass is 10.00. The first-order valence-electron chi connectivity index (χ1n) is 9.46. The number of halogens is 7. The van der Waals surface area contributed by atoms with Crippen LogP contribution in [0.3, 0.4) is 0 Å². The lowest BCUT2D eigenvalue weighted by Crippen LogP contribution is -2.35. The largest absolute Gasteiger partial charge is 0.484 e. The second-order valence-electron chi connectivity index (χ2n) is 7.51. The molecule has 0 bridgehead atoms. The molecule has 1 amide bonds. The van der Waals surface area contributed by atoms with Crippen LogP contribution in [-0.2, 0) is 10.3 Å². The maximum Gasteiger partial charge on any atom is 0.422 e. The summed E-state index contributed by atoms with van der Waals surface area (Å²) in [5.41, 5.74) is -1.87. The van der Waals surface area contributed by atoms with E-state index in [0.717, 1.165) is 30.3 Å². The standard InChI is InChI=1S/C21H18F7NO3/c22-13-1-2-15(16(23)8-13)17(30)9-18(31)29-20(3-4-20)12-5-11(19(24)25)6-14(7-12)32-10-21(26,27)28/h1-2,5-8,17,19,30H,3-4,9-10H2,(H,29,31). The average molecular weight is 465 g/mol. The van der Waals surface area contributed by atoms with Gasteiger partial charge in [-0.1, -0.05) is 6.07 Å². The van der Waals surface area contributed by atoms with Crippen molar-refractivity contribution in [3.63, 3.8) is 0 Å². The Balaban J connectivity index is 1.75. The van der Waals surface area contributed by atoms with Crippen molar-refractivity contribution in [2.24, 2.45) is 0 Å². The van der Waals surface area contributed by atoms with E-state index in [1.54, 1.807) is 0 Å². The predicted molar refractivity (Wildman–Crippen MR) is 97.9 cm³/mol. The third kappa shape index (κ3) is 5.90. The molecule has 2 aromatic rings. The second kappa shape index (κ2) is 8.97. The zero-order chi connectivity index (χ0) is 23.7. The summed E-state index contributed by atoms with van der Waals surface area (Å²) in [5.74, 6) is -3.08. The van der Waals surface area contributed by atoms with Crippen molar-refractivity contribution in [2.45, 2.75) is 43.5 Å². The average Bonchev–Trinajstić information content (AvgIpc) is 3.45. The van der Waals surface area contributed by atoms with E-state index in [2.05, 4.69) is 10.1 Å². The molecule has 3 rings (SSSR count). The molecule has 4 nitrogen and oxygen atoms in total. The van der Waals surface area contributed by atoms with E-state index < -0.39 is 66.1 Å². The van der Waals surface area contributed by atoms with Gasteiger partial charge in [-0.2, -0.15) is 13.2 Å². The molecule has 2 aromatic carbocycles. The van der Waals surface area contributed by atoms with Gasteiger partial charge in [0, 0.05) is 17.2 Å². The molecule has 11 heteroatoms. The normalized spacial score (nSPS) is 16.0. The van der Waals surface area contributed by atoms with Gasteiger partial charge in [0.1, 0.15) is 17.4 Å². The van der Waals surface area contributed by atoms with Crippen LogP contribution in [-0.4, -0.2) is 23.8 Å². The number of amides is 1. The Bertz CT molecular complexity index is 990. The van der Waals surface area contributed by atoms with Gasteiger partial charge in [-0.05, 0) is 42.7 Å². The van der Waals surface area contributed by atoms with Gasteiger partial charge in [0.2, 0.25) is 5.91 Å². The van der Waals surface area contributed by atoms with Crippen LogP contribution in [0.15, 0.2) is 36.4 Å². The monoisotopic (exact) mass is 465 g/mol. The number of aliphatic hydroxyl groups is 1. The smallest absolute Gasteiger partial charge is 0.422 e. The number of carbonyl (C=O) groups excluding carboxylic acids is 1. The number of aliphatic hydroxyl groups excluding tert-OH is 1. The van der Waals surface area contributed by atoms with E-state index in [0.29, 0.717) is 18.9 Å². The zero-order valence-corrected chi connectivity index (χ0v) is 16.4. The molecule has 1 aliphatic rings. The Kier molecular flexibility index (Phi) is 6.68. The van der Waals surface area contributed by atoms with Crippen molar-refractivity contribution >= 4 is 5.91 Å². The third-order valence-electron chi connectivity index (χ3n) is 4.96. The van der Waals surface area contributed by atoms with Crippen molar-refractivity contribution in [3.05, 3.63) is 64.7 Å². The van der Waals surface area contributed by atoms with Crippen LogP contribution in [0.2, 0.25) is 0 Å². The molecular weight excluding hydrogens is 447 g/mol. The highest BCUT2D eigenvalue weighted by atomic mass is 19.4. The fourth-order valence-corrected chi connectivity index (χ4v) is 3.26. The van der Waals surface area contributed by atoms with Crippen LogP contribution in [0.25, 0.3) is 0 Å². The van der Waals surface area contributed by atoms with Gasteiger partial charge < -0.3 is 15.2 Å². The molecule has 1 fully saturated rings. The summed E-state index contributed by atoms with van der Waals surface area (Å²) in [6.07, 6.45) is -9.23. The summed E-state index contributed by atoms with van der Waals surface area (Å²) in [4.78, 5) is 12.4. The summed E-state index contributed by atoms with van der Waals surface area (Å²) in [7, 11) is 0. The molecule has 0 heterocycles. The topological polar surface area (TPSA) is 58.6 Å². The molecular formula is C21H18F7NO3. The molecule has 2 N–H and O–H groups in total. The first-order chi connectivity index (χ1) is 14.9. The van der Waals surface area contributed by atoms with E-state index in [-0.39, 0.29) is 11.1 Å². The fourth-order valence-electron chi connectivity index (χ4n) is 3.26. The maximum absolute atomic E-state index is 13.8. The fraction of sp³-hybridized carbons (Fsp3) is 0.381. The summed E-state index contributed by atoms with van der Waals surface area (Å²) in [6, 6.07) is 5.46. The lowest BCUT2D eigenvalue weighted by Gasteiger charge is -2.21. The first-order valence-corrected chi connectivity index (χ1v) is 9.46. The first kappa shape index (κ1) is 23.8. The third-order valence-corrected chi connectivity index (χ3v) is 4.96. The Morgan fingerprint density at radius 3 is 2.38 bits per heavy atom. The molecule has 0 aliphatic heterocycles. The van der Waals surface area contributed by atoms with Gasteiger partial charge in [0.15, 0.2) is 6.61 Å². The minimum atomic E-state index is -4.67. The van der Waals surface area contributed by atoms with Gasteiger partial charge in [-0.15, -0.1) is 0 Å². The second-order valence-corrected chi connectivity index (χ2v) is 7.51. The summed E-state index contributed by atoms with van der Waals surface area (Å²) in [6.45, 7) is -1.67. The van der Waals surface area contributed by atoms with E-state index in [4.69, 9.17) is 0 Å². The van der Waals surface area contributed by atoms with Gasteiger partial charge in [-0.3, -0.25) is 4.79 Å². The van der Waals surface area contributed by atoms with Crippen molar-refractivity contribution in [2.75, 3.05) is 6.61 Å². The molecule has 0 saturated heterocycles. The Hall–Kier alpha value is -2.82. The molecule has 0 spiro atoms. The number of alkyl halides is 5. The molecule has 0 radical (unpaired) electrons. The SMILES string of the molecule is O=C(CC(O)c1ccc(F)cc1F)NC1(c2cc(OCC(F)(F)F)cc(C(F)F)c2)CC1. The van der Waals surface area contributed by atoms with Crippen molar-refractivity contribution in [3.8, 4) is 5.75 Å². The highest BCUT2D eigenvalue weighted by Gasteiger charge is 2.46. The molecule has 174 valence electrons. The van der Waals surface area contributed by atoms with Crippen molar-refractivity contribution in [1.82, 2.24) is 5.32 Å². The van der Waals surface area contributed by atoms with Crippen molar-refractivity contribution in [1.29, 1.82) is 0 Å². The highest BCUT2D eigenvalue weighted by Crippen LogP contribution is 2.47. The van der Waals surface area contributed by atoms with Gasteiger partial charge in [0.05, 0.1) is 18.1 Å². The van der Waals surface area contributed by atoms with Crippen LogP contribution in [0.5, 0.6) is 5.75 Å². The van der Waals surface area contributed by atoms with E-state index in [1.165, 1.54) is 0 Å². The Labute approximate surface area is 178 Å². The van der Waals surface area contributed by atoms with E-state index >= 15 is 0 Å². The number of carbonyl (C=O) groups is 1. The van der Waals surface area contributed by atoms with Crippen LogP contribution in [0.4, 0.5) is 30.7 Å². The van der Waals surface area contributed by atoms with Crippen LogP contribution < -0.4 is 10.1 Å². The quantitative estimate of drug-likeness (QED) is 0.535. The summed E-state index contributed by atoms with van der Waals surface area (Å²) < 4.78 is 95.2. The zero-order valence-electron chi connectivity index (χ0n) is 16.4. The number of hydrogen-bond acceptors (Lipinski definition) is 3. The number of benzene rings is 2. The predicted octanol–water partition coefficient (Wildman–Crippen LogP) is 5.07. The molecule has 1 atom stereocenters. The molecule has 32 heavy (non-hydrogen) atoms. The molecule has 0 aromatic heterocycles. The molecule has 1 aliphatic carbocycles. The van der Waals surface area contributed by atoms with Crippen LogP contribution in [0, 0.1) is 11.6 Å². The highest BCUT2D eigenvalue weighted by molar-refractivity contribution is 5.78.